The molecular weight excluding hydrogens is 452 g/mol. The highest BCUT2D eigenvalue weighted by Gasteiger charge is 2.56. The van der Waals surface area contributed by atoms with E-state index in [-0.39, 0.29) is 6.42 Å². The van der Waals surface area contributed by atoms with Crippen LogP contribution in [-0.2, 0) is 18.9 Å². The quantitative estimate of drug-likeness (QED) is 0.168. The van der Waals surface area contributed by atoms with Gasteiger partial charge in [0.05, 0.1) is 37.6 Å². The van der Waals surface area contributed by atoms with Crippen molar-refractivity contribution in [2.24, 2.45) is 5.92 Å². The normalized spacial score (nSPS) is 53.7. The van der Waals surface area contributed by atoms with Crippen molar-refractivity contribution in [3.05, 3.63) is 0 Å². The van der Waals surface area contributed by atoms with Gasteiger partial charge in [0.15, 0.2) is 6.29 Å². The molecule has 15 atom stereocenters. The Bertz CT molecular complexity index is 621. The lowest BCUT2D eigenvalue weighted by atomic mass is 9.77. The van der Waals surface area contributed by atoms with E-state index >= 15 is 0 Å². The summed E-state index contributed by atoms with van der Waals surface area (Å²) in [6.45, 7) is -1.36. The predicted octanol–water partition coefficient (Wildman–Crippen LogP) is -6.23. The van der Waals surface area contributed by atoms with Crippen LogP contribution in [0.4, 0.5) is 0 Å². The number of aliphatic hydroxyl groups is 10. The van der Waals surface area contributed by atoms with E-state index in [2.05, 4.69) is 0 Å². The zero-order valence-electron chi connectivity index (χ0n) is 17.9. The van der Waals surface area contributed by atoms with E-state index in [4.69, 9.17) is 18.9 Å². The molecule has 0 spiro atoms. The van der Waals surface area contributed by atoms with Gasteiger partial charge in [-0.2, -0.15) is 0 Å². The van der Waals surface area contributed by atoms with Crippen LogP contribution in [0.3, 0.4) is 0 Å². The lowest BCUT2D eigenvalue weighted by Gasteiger charge is -2.50. The molecule has 3 rings (SSSR count). The van der Waals surface area contributed by atoms with Gasteiger partial charge in [-0.1, -0.05) is 0 Å². The Morgan fingerprint density at radius 1 is 0.545 bits per heavy atom. The minimum absolute atomic E-state index is 0.289. The molecule has 10 N–H and O–H groups in total. The fraction of sp³-hybridized carbons (Fsp3) is 1.00. The standard InChI is InChI=1S/C19H34O14/c1-30-19-14(26)9(18-17(29)16(28)13(25)8(4-21)32-18)10(22)5(33-19)2-6-11(23)15(27)12(24)7(3-20)31-6/h5-29H,2-4H2,1H3/t5-,6-,7-,8-,9+,10-,11-,12-,13-,14+,15-,16+,17+,18-,19+/m1/s1. The Morgan fingerprint density at radius 3 is 1.58 bits per heavy atom. The van der Waals surface area contributed by atoms with Crippen molar-refractivity contribution in [3.8, 4) is 0 Å². The van der Waals surface area contributed by atoms with Crippen molar-refractivity contribution >= 4 is 0 Å². The van der Waals surface area contributed by atoms with E-state index in [9.17, 15) is 51.1 Å². The van der Waals surface area contributed by atoms with Crippen LogP contribution in [0.25, 0.3) is 0 Å². The summed E-state index contributed by atoms with van der Waals surface area (Å²) >= 11 is 0. The second-order valence-electron chi connectivity index (χ2n) is 8.73. The van der Waals surface area contributed by atoms with Crippen LogP contribution in [0.5, 0.6) is 0 Å². The van der Waals surface area contributed by atoms with Crippen molar-refractivity contribution in [2.45, 2.75) is 92.1 Å². The van der Waals surface area contributed by atoms with Crippen molar-refractivity contribution in [1.82, 2.24) is 0 Å². The summed E-state index contributed by atoms with van der Waals surface area (Å²) in [5, 5.41) is 101. The fourth-order valence-corrected chi connectivity index (χ4v) is 4.79. The summed E-state index contributed by atoms with van der Waals surface area (Å²) in [7, 11) is 1.21. The molecule has 3 fully saturated rings. The molecule has 3 saturated heterocycles. The maximum absolute atomic E-state index is 11.0. The van der Waals surface area contributed by atoms with Gasteiger partial charge in [-0.15, -0.1) is 0 Å². The molecular formula is C19H34O14. The zero-order valence-corrected chi connectivity index (χ0v) is 17.9. The van der Waals surface area contributed by atoms with Crippen LogP contribution in [0.15, 0.2) is 0 Å². The Labute approximate surface area is 189 Å². The highest BCUT2D eigenvalue weighted by atomic mass is 16.7. The summed E-state index contributed by atoms with van der Waals surface area (Å²) in [6.07, 6.45) is -21.1. The molecule has 194 valence electrons. The topological polar surface area (TPSA) is 239 Å². The molecule has 0 saturated carbocycles. The highest BCUT2D eigenvalue weighted by molar-refractivity contribution is 5.03. The molecule has 14 nitrogen and oxygen atoms in total. The molecule has 14 heteroatoms. The minimum Gasteiger partial charge on any atom is -0.394 e. The smallest absolute Gasteiger partial charge is 0.183 e. The van der Waals surface area contributed by atoms with E-state index in [1.165, 1.54) is 7.11 Å². The molecule has 0 aromatic heterocycles. The maximum Gasteiger partial charge on any atom is 0.183 e. The molecule has 3 aliphatic rings. The maximum atomic E-state index is 11.0. The van der Waals surface area contributed by atoms with Gasteiger partial charge in [0.1, 0.15) is 54.9 Å². The predicted molar refractivity (Wildman–Crippen MR) is 103 cm³/mol. The van der Waals surface area contributed by atoms with Crippen molar-refractivity contribution in [2.75, 3.05) is 20.3 Å². The Balaban J connectivity index is 1.83. The Kier molecular flexibility index (Phi) is 9.02. The number of rotatable bonds is 6. The fourth-order valence-electron chi connectivity index (χ4n) is 4.79. The number of hydrogen-bond acceptors (Lipinski definition) is 14. The first-order chi connectivity index (χ1) is 15.6. The molecule has 0 aromatic rings. The SMILES string of the molecule is CO[C@H]1O[C@H](C[C@H]2O[C@H](CO)[C@@H](O)[C@H](O)[C@@H]2O)[C@@H](O)[C@H]([C@H]2O[C@H](CO)[C@@H](O)[C@H](O)[C@@H]2O)[C@@H]1O. The number of hydrogen-bond donors (Lipinski definition) is 10. The molecule has 3 aliphatic heterocycles. The average Bonchev–Trinajstić information content (AvgIpc) is 2.80. The summed E-state index contributed by atoms with van der Waals surface area (Å²) in [5.74, 6) is -1.34. The van der Waals surface area contributed by atoms with Gasteiger partial charge < -0.3 is 70.0 Å². The first-order valence-electron chi connectivity index (χ1n) is 10.7. The van der Waals surface area contributed by atoms with Gasteiger partial charge in [-0.05, 0) is 0 Å². The van der Waals surface area contributed by atoms with E-state index < -0.39 is 105 Å². The Morgan fingerprint density at radius 2 is 1.03 bits per heavy atom. The highest BCUT2D eigenvalue weighted by Crippen LogP contribution is 2.38. The van der Waals surface area contributed by atoms with E-state index in [1.54, 1.807) is 0 Å². The van der Waals surface area contributed by atoms with Crippen molar-refractivity contribution < 1.29 is 70.0 Å². The van der Waals surface area contributed by atoms with Gasteiger partial charge in [-0.25, -0.2) is 0 Å². The second kappa shape index (κ2) is 11.0. The Hall–Kier alpha value is -0.560. The van der Waals surface area contributed by atoms with Gasteiger partial charge in [0, 0.05) is 19.4 Å². The molecule has 0 radical (unpaired) electrons. The van der Waals surface area contributed by atoms with Gasteiger partial charge in [0.25, 0.3) is 0 Å². The van der Waals surface area contributed by atoms with Crippen molar-refractivity contribution in [3.63, 3.8) is 0 Å². The third kappa shape index (κ3) is 5.05. The summed E-state index contributed by atoms with van der Waals surface area (Å²) in [6, 6.07) is 0. The molecule has 0 unspecified atom stereocenters. The molecule has 33 heavy (non-hydrogen) atoms. The van der Waals surface area contributed by atoms with Crippen LogP contribution in [0.1, 0.15) is 6.42 Å². The average molecular weight is 486 g/mol. The summed E-state index contributed by atoms with van der Waals surface area (Å²) < 4.78 is 21.7. The van der Waals surface area contributed by atoms with Gasteiger partial charge in [0.2, 0.25) is 0 Å². The summed E-state index contributed by atoms with van der Waals surface area (Å²) in [4.78, 5) is 0. The molecule has 3 heterocycles. The molecule has 0 bridgehead atoms. The minimum atomic E-state index is -1.75. The van der Waals surface area contributed by atoms with Gasteiger partial charge in [-0.3, -0.25) is 0 Å². The van der Waals surface area contributed by atoms with Crippen LogP contribution in [0.2, 0.25) is 0 Å². The van der Waals surface area contributed by atoms with Gasteiger partial charge >= 0.3 is 0 Å². The lowest BCUT2D eigenvalue weighted by Crippen LogP contribution is -2.67. The van der Waals surface area contributed by atoms with Crippen LogP contribution < -0.4 is 0 Å². The summed E-state index contributed by atoms with van der Waals surface area (Å²) in [5.41, 5.74) is 0. The van der Waals surface area contributed by atoms with Crippen LogP contribution >= 0.6 is 0 Å². The number of methoxy groups -OCH3 is 1. The first-order valence-corrected chi connectivity index (χ1v) is 10.7. The monoisotopic (exact) mass is 486 g/mol. The van der Waals surface area contributed by atoms with Crippen molar-refractivity contribution in [1.29, 1.82) is 0 Å². The first kappa shape index (κ1) is 27.0. The number of aliphatic hydroxyl groups excluding tert-OH is 10. The third-order valence-corrected chi connectivity index (χ3v) is 6.75. The van der Waals surface area contributed by atoms with E-state index in [0.29, 0.717) is 0 Å². The zero-order chi connectivity index (χ0) is 24.6. The largest absolute Gasteiger partial charge is 0.394 e. The van der Waals surface area contributed by atoms with E-state index in [0.717, 1.165) is 0 Å². The van der Waals surface area contributed by atoms with Crippen LogP contribution in [0, 0.1) is 5.92 Å². The lowest BCUT2D eigenvalue weighted by molar-refractivity contribution is -0.324. The molecule has 0 aromatic carbocycles. The second-order valence-corrected chi connectivity index (χ2v) is 8.73. The molecule has 0 aliphatic carbocycles. The third-order valence-electron chi connectivity index (χ3n) is 6.75. The number of ether oxygens (including phenoxy) is 4. The molecule has 0 amide bonds. The van der Waals surface area contributed by atoms with Crippen LogP contribution in [-0.4, -0.2) is 157 Å². The van der Waals surface area contributed by atoms with E-state index in [1.807, 2.05) is 0 Å².